The Kier molecular flexibility index (Phi) is 17.5. The molecule has 0 saturated heterocycles. The van der Waals surface area contributed by atoms with Crippen LogP contribution in [-0.2, 0) is 19.1 Å². The summed E-state index contributed by atoms with van der Waals surface area (Å²) >= 11 is 0. The summed E-state index contributed by atoms with van der Waals surface area (Å²) in [6.45, 7) is 0. The summed E-state index contributed by atoms with van der Waals surface area (Å²) in [6, 6.07) is 4.03. The molecule has 21 heteroatoms. The molecule has 54 heavy (non-hydrogen) atoms. The molecule has 0 radical (unpaired) electrons. The van der Waals surface area contributed by atoms with Crippen molar-refractivity contribution in [3.8, 4) is 6.07 Å². The number of carbonyl (C=O) groups excluding carboxylic acids is 4. The van der Waals surface area contributed by atoms with Crippen molar-refractivity contribution in [3.63, 3.8) is 0 Å². The summed E-state index contributed by atoms with van der Waals surface area (Å²) in [5.74, 6) is -19.4. The van der Waals surface area contributed by atoms with Gasteiger partial charge in [-0.15, -0.1) is 0 Å². The Morgan fingerprint density at radius 3 is 1.41 bits per heavy atom. The zero-order chi connectivity index (χ0) is 41.6. The third-order valence-electron chi connectivity index (χ3n) is 6.01. The number of aliphatic hydroxyl groups excluding tert-OH is 2. The number of aliphatic hydroxyl groups is 2. The molecule has 2 N–H and O–H groups in total. The lowest BCUT2D eigenvalue weighted by Gasteiger charge is -2.09. The van der Waals surface area contributed by atoms with Gasteiger partial charge in [0.2, 0.25) is 0 Å². The average molecular weight is 785 g/mol. The van der Waals surface area contributed by atoms with Crippen LogP contribution in [0.5, 0.6) is 0 Å². The topological polar surface area (TPSA) is 151 Å². The number of halogens is 12. The first-order valence-corrected chi connectivity index (χ1v) is 13.6. The van der Waals surface area contributed by atoms with E-state index in [2.05, 4.69) is 9.47 Å². The molecule has 0 heterocycles. The van der Waals surface area contributed by atoms with Gasteiger partial charge in [-0.05, 0) is 24.3 Å². The number of rotatable bonds is 6. The molecule has 4 rings (SSSR count). The number of benzene rings is 4. The van der Waals surface area contributed by atoms with Crippen molar-refractivity contribution >= 4 is 24.0 Å². The Bertz CT molecular complexity index is 2070. The second-order valence-corrected chi connectivity index (χ2v) is 9.51. The highest BCUT2D eigenvalue weighted by atomic mass is 19.2. The van der Waals surface area contributed by atoms with Crippen LogP contribution in [0.2, 0.25) is 0 Å². The molecule has 0 saturated carbocycles. The average Bonchev–Trinajstić information content (AvgIpc) is 3.13. The van der Waals surface area contributed by atoms with Crippen LogP contribution in [-0.4, -0.2) is 48.4 Å². The molecule has 288 valence electrons. The maximum Gasteiger partial charge on any atom is 0.379 e. The van der Waals surface area contributed by atoms with Gasteiger partial charge in [-0.1, -0.05) is 0 Å². The van der Waals surface area contributed by atoms with E-state index in [4.69, 9.17) is 10.4 Å². The molecule has 0 aliphatic rings. The number of aldehydes is 1. The van der Waals surface area contributed by atoms with Crippen LogP contribution in [0, 0.1) is 81.1 Å². The molecule has 0 spiro atoms. The van der Waals surface area contributed by atoms with E-state index in [1.54, 1.807) is 0 Å². The van der Waals surface area contributed by atoms with E-state index in [1.807, 2.05) is 0 Å². The third kappa shape index (κ3) is 12.4. The molecule has 0 bridgehead atoms. The second kappa shape index (κ2) is 20.7. The second-order valence-electron chi connectivity index (χ2n) is 9.51. The van der Waals surface area contributed by atoms with Crippen molar-refractivity contribution in [2.24, 2.45) is 0 Å². The first-order chi connectivity index (χ1) is 25.1. The SMILES string of the molecule is COC(=O)C(=O)c1cc(F)c(F)cc1F.COC(=O)C(O)c1cc(F)c(F)cc1F.N#CC(O)c1cc(F)c(F)cc1F.O=Cc1cc(F)c(F)cc1F. The maximum absolute atomic E-state index is 13.0. The number of carbonyl (C=O) groups is 4. The standard InChI is InChI=1S/C9H7F3O3.C9H5F3O3.C8H4F3NO.C7H3F3O/c2*1-15-9(14)8(13)4-2-6(11)7(12)3-5(4)10;9-5-2-7(11)6(10)1-4(5)8(13)3-12;8-5-2-7(10)6(9)1-4(5)3-11/h2-3,8,13H,1H3;2-3H,1H3;1-2,8,13H;1-3H. The number of hydrogen-bond donors (Lipinski definition) is 2. The predicted octanol–water partition coefficient (Wildman–Crippen LogP) is 6.35. The lowest BCUT2D eigenvalue weighted by Crippen LogP contribution is -2.17. The number of Topliss-reactive ketones (excluding diaryl/α,β-unsaturated/α-hetero) is 1. The highest BCUT2D eigenvalue weighted by molar-refractivity contribution is 6.40. The fourth-order valence-corrected chi connectivity index (χ4v) is 3.33. The van der Waals surface area contributed by atoms with Crippen molar-refractivity contribution in [2.45, 2.75) is 12.2 Å². The molecule has 0 aromatic heterocycles. The highest BCUT2D eigenvalue weighted by Crippen LogP contribution is 2.22. The number of esters is 2. The van der Waals surface area contributed by atoms with E-state index < -0.39 is 122 Å². The van der Waals surface area contributed by atoms with E-state index in [-0.39, 0.29) is 24.5 Å². The molecule has 9 nitrogen and oxygen atoms in total. The van der Waals surface area contributed by atoms with Gasteiger partial charge in [0.15, 0.2) is 65.0 Å². The van der Waals surface area contributed by atoms with Crippen molar-refractivity contribution in [2.75, 3.05) is 14.2 Å². The zero-order valence-corrected chi connectivity index (χ0v) is 26.7. The first kappa shape index (κ1) is 45.8. The quantitative estimate of drug-likeness (QED) is 0.0434. The number of nitrogens with zero attached hydrogens (tertiary/aromatic N) is 1. The summed E-state index contributed by atoms with van der Waals surface area (Å²) in [5, 5.41) is 26.2. The van der Waals surface area contributed by atoms with Crippen molar-refractivity contribution in [1.82, 2.24) is 0 Å². The number of ether oxygens (including phenoxy) is 2. The Labute approximate surface area is 294 Å². The Hall–Kier alpha value is -6.27. The number of nitriles is 1. The predicted molar refractivity (Wildman–Crippen MR) is 155 cm³/mol. The largest absolute Gasteiger partial charge is 0.467 e. The number of ketones is 1. The van der Waals surface area contributed by atoms with Crippen LogP contribution in [0.3, 0.4) is 0 Å². The Morgan fingerprint density at radius 2 is 0.963 bits per heavy atom. The smallest absolute Gasteiger partial charge is 0.379 e. The van der Waals surface area contributed by atoms with Crippen molar-refractivity contribution in [3.05, 3.63) is 141 Å². The molecular formula is C33H19F12NO8. The molecular weight excluding hydrogens is 766 g/mol. The van der Waals surface area contributed by atoms with E-state index in [0.717, 1.165) is 14.2 Å². The van der Waals surface area contributed by atoms with Gasteiger partial charge >= 0.3 is 11.9 Å². The molecule has 2 unspecified atom stereocenters. The normalized spacial score (nSPS) is 11.1. The molecule has 0 aliphatic carbocycles. The van der Waals surface area contributed by atoms with Gasteiger partial charge in [-0.2, -0.15) is 5.26 Å². The van der Waals surface area contributed by atoms with E-state index in [1.165, 1.54) is 6.07 Å². The Balaban J connectivity index is 0.000000362. The van der Waals surface area contributed by atoms with Crippen LogP contribution in [0.4, 0.5) is 52.7 Å². The highest BCUT2D eigenvalue weighted by Gasteiger charge is 2.24. The first-order valence-electron chi connectivity index (χ1n) is 13.6. The number of methoxy groups -OCH3 is 2. The minimum Gasteiger partial charge on any atom is -0.467 e. The molecule has 0 aliphatic heterocycles. The van der Waals surface area contributed by atoms with Gasteiger partial charge in [0.25, 0.3) is 5.78 Å². The lowest BCUT2D eigenvalue weighted by atomic mass is 10.1. The monoisotopic (exact) mass is 785 g/mol. The lowest BCUT2D eigenvalue weighted by molar-refractivity contribution is -0.150. The van der Waals surface area contributed by atoms with E-state index >= 15 is 0 Å². The molecule has 4 aromatic carbocycles. The van der Waals surface area contributed by atoms with Gasteiger partial charge in [0, 0.05) is 35.4 Å². The van der Waals surface area contributed by atoms with Gasteiger partial charge in [-0.25, -0.2) is 62.3 Å². The van der Waals surface area contributed by atoms with Crippen LogP contribution in [0.15, 0.2) is 48.5 Å². The molecule has 0 fully saturated rings. The van der Waals surface area contributed by atoms with Crippen LogP contribution >= 0.6 is 0 Å². The van der Waals surface area contributed by atoms with Crippen LogP contribution in [0.1, 0.15) is 44.1 Å². The molecule has 0 amide bonds. The Morgan fingerprint density at radius 1 is 0.574 bits per heavy atom. The minimum absolute atomic E-state index is 0.123. The van der Waals surface area contributed by atoms with Gasteiger partial charge < -0.3 is 19.7 Å². The summed E-state index contributed by atoms with van der Waals surface area (Å²) in [5.41, 5.74) is -2.58. The fourth-order valence-electron chi connectivity index (χ4n) is 3.33. The van der Waals surface area contributed by atoms with Gasteiger partial charge in [-0.3, -0.25) is 9.59 Å². The third-order valence-corrected chi connectivity index (χ3v) is 6.01. The van der Waals surface area contributed by atoms with Gasteiger partial charge in [0.05, 0.1) is 31.4 Å². The summed E-state index contributed by atoms with van der Waals surface area (Å²) < 4.78 is 159. The summed E-state index contributed by atoms with van der Waals surface area (Å²) in [7, 11) is 1.89. The molecule has 2 atom stereocenters. The van der Waals surface area contributed by atoms with Crippen LogP contribution in [0.25, 0.3) is 0 Å². The van der Waals surface area contributed by atoms with Crippen molar-refractivity contribution < 1.29 is 91.5 Å². The number of hydrogen-bond acceptors (Lipinski definition) is 9. The maximum atomic E-state index is 13.0. The van der Waals surface area contributed by atoms with Crippen molar-refractivity contribution in [1.29, 1.82) is 5.26 Å². The minimum atomic E-state index is -1.97. The van der Waals surface area contributed by atoms with Gasteiger partial charge in [0.1, 0.15) is 23.3 Å². The van der Waals surface area contributed by atoms with E-state index in [9.17, 15) is 77.0 Å². The summed E-state index contributed by atoms with van der Waals surface area (Å²) in [4.78, 5) is 42.5. The van der Waals surface area contributed by atoms with E-state index in [0.29, 0.717) is 30.3 Å². The van der Waals surface area contributed by atoms with Crippen LogP contribution < -0.4 is 0 Å². The zero-order valence-electron chi connectivity index (χ0n) is 26.7. The summed E-state index contributed by atoms with van der Waals surface area (Å²) in [6.07, 6.45) is -3.63. The fraction of sp³-hybridized carbons (Fsp3) is 0.121. The molecule has 4 aromatic rings.